The average Bonchev–Trinajstić information content (AvgIpc) is 2.71. The molecule has 1 unspecified atom stereocenters. The minimum Gasteiger partial charge on any atom is -0.481 e. The van der Waals surface area contributed by atoms with Crippen molar-refractivity contribution >= 4 is 21.9 Å². The van der Waals surface area contributed by atoms with Gasteiger partial charge in [0.2, 0.25) is 0 Å². The molecule has 1 atom stereocenters. The Morgan fingerprint density at radius 1 is 1.47 bits per heavy atom. The summed E-state index contributed by atoms with van der Waals surface area (Å²) in [7, 11) is 0. The minimum atomic E-state index is -0.717. The van der Waals surface area contributed by atoms with Crippen molar-refractivity contribution in [1.29, 1.82) is 0 Å². The molecule has 1 N–H and O–H groups in total. The molecule has 0 spiro atoms. The van der Waals surface area contributed by atoms with E-state index in [2.05, 4.69) is 15.9 Å². The van der Waals surface area contributed by atoms with E-state index in [1.54, 1.807) is 0 Å². The third-order valence-corrected chi connectivity index (χ3v) is 3.91. The Hall–Kier alpha value is -0.830. The molecule has 0 bridgehead atoms. The Kier molecular flexibility index (Phi) is 2.19. The van der Waals surface area contributed by atoms with Gasteiger partial charge in [0.15, 0.2) is 0 Å². The van der Waals surface area contributed by atoms with Crippen LogP contribution in [0.5, 0.6) is 0 Å². The molecule has 0 heterocycles. The van der Waals surface area contributed by atoms with Gasteiger partial charge in [-0.1, -0.05) is 41.9 Å². The molecule has 15 heavy (non-hydrogen) atoms. The summed E-state index contributed by atoms with van der Waals surface area (Å²) < 4.78 is 0.934. The number of benzene rings is 1. The molecule has 2 nitrogen and oxygen atoms in total. The maximum Gasteiger partial charge on any atom is 0.314 e. The van der Waals surface area contributed by atoms with Crippen LogP contribution < -0.4 is 0 Å². The predicted octanol–water partition coefficient (Wildman–Crippen LogP) is 3.20. The van der Waals surface area contributed by atoms with E-state index in [0.29, 0.717) is 6.42 Å². The average molecular weight is 269 g/mol. The van der Waals surface area contributed by atoms with E-state index >= 15 is 0 Å². The summed E-state index contributed by atoms with van der Waals surface area (Å²) >= 11 is 3.38. The van der Waals surface area contributed by atoms with Crippen LogP contribution in [0.3, 0.4) is 0 Å². The number of carboxylic acid groups (broad SMARTS) is 1. The van der Waals surface area contributed by atoms with Gasteiger partial charge in [0.1, 0.15) is 0 Å². The molecule has 0 amide bonds. The first-order chi connectivity index (χ1) is 6.90. The van der Waals surface area contributed by atoms with Gasteiger partial charge in [0, 0.05) is 4.47 Å². The van der Waals surface area contributed by atoms with Gasteiger partial charge in [-0.15, -0.1) is 0 Å². The predicted molar refractivity (Wildman–Crippen MR) is 61.9 cm³/mol. The van der Waals surface area contributed by atoms with Crippen molar-refractivity contribution < 1.29 is 9.90 Å². The van der Waals surface area contributed by atoms with Crippen molar-refractivity contribution in [2.75, 3.05) is 0 Å². The lowest BCUT2D eigenvalue weighted by Crippen LogP contribution is -2.25. The Morgan fingerprint density at radius 3 is 2.47 bits per heavy atom. The van der Waals surface area contributed by atoms with Crippen LogP contribution in [0, 0.1) is 5.41 Å². The molecule has 1 aromatic rings. The fraction of sp³-hybridized carbons (Fsp3) is 0.417. The van der Waals surface area contributed by atoms with Crippen LogP contribution in [0.2, 0.25) is 0 Å². The van der Waals surface area contributed by atoms with Crippen LogP contribution in [0.15, 0.2) is 28.7 Å². The minimum absolute atomic E-state index is 0.139. The second-order valence-corrected chi connectivity index (χ2v) is 5.70. The first kappa shape index (κ1) is 10.7. The fourth-order valence-electron chi connectivity index (χ4n) is 2.35. The third kappa shape index (κ3) is 1.41. The Balaban J connectivity index is 2.50. The van der Waals surface area contributed by atoms with Crippen LogP contribution in [0.25, 0.3) is 0 Å². The molecule has 80 valence electrons. The number of carboxylic acids is 1. The lowest BCUT2D eigenvalue weighted by Gasteiger charge is -2.16. The van der Waals surface area contributed by atoms with Crippen molar-refractivity contribution in [3.05, 3.63) is 34.3 Å². The highest BCUT2D eigenvalue weighted by molar-refractivity contribution is 9.10. The normalized spacial score (nSPS) is 27.4. The summed E-state index contributed by atoms with van der Waals surface area (Å²) in [5, 5.41) is 9.37. The summed E-state index contributed by atoms with van der Waals surface area (Å²) in [4.78, 5) is 11.4. The van der Waals surface area contributed by atoms with Crippen molar-refractivity contribution in [2.45, 2.75) is 25.7 Å². The van der Waals surface area contributed by atoms with E-state index in [9.17, 15) is 9.90 Å². The standard InChI is InChI=1S/C12H13BrO2/c1-11(2)7-12(11,10(14)15)8-4-3-5-9(13)6-8/h3-6H,7H2,1-2H3,(H,14,15). The number of aliphatic carboxylic acids is 1. The number of carbonyl (C=O) groups is 1. The molecular weight excluding hydrogens is 256 g/mol. The summed E-state index contributed by atoms with van der Waals surface area (Å²) in [6, 6.07) is 7.60. The molecule has 1 aliphatic rings. The van der Waals surface area contributed by atoms with Crippen molar-refractivity contribution in [3.63, 3.8) is 0 Å². The molecule has 0 aliphatic heterocycles. The molecule has 1 saturated carbocycles. The van der Waals surface area contributed by atoms with E-state index in [4.69, 9.17) is 0 Å². The number of hydrogen-bond acceptors (Lipinski definition) is 1. The lowest BCUT2D eigenvalue weighted by molar-refractivity contribution is -0.141. The molecule has 1 fully saturated rings. The fourth-order valence-corrected chi connectivity index (χ4v) is 2.75. The molecule has 3 heteroatoms. The third-order valence-electron chi connectivity index (χ3n) is 3.42. The second kappa shape index (κ2) is 3.08. The van der Waals surface area contributed by atoms with E-state index in [0.717, 1.165) is 10.0 Å². The SMILES string of the molecule is CC1(C)CC1(C(=O)O)c1cccc(Br)c1. The zero-order chi connectivity index (χ0) is 11.3. The highest BCUT2D eigenvalue weighted by atomic mass is 79.9. The molecule has 0 radical (unpaired) electrons. The van der Waals surface area contributed by atoms with Crippen LogP contribution in [0.4, 0.5) is 0 Å². The smallest absolute Gasteiger partial charge is 0.314 e. The Labute approximate surface area is 97.4 Å². The zero-order valence-electron chi connectivity index (χ0n) is 8.75. The largest absolute Gasteiger partial charge is 0.481 e. The van der Waals surface area contributed by atoms with Crippen LogP contribution >= 0.6 is 15.9 Å². The highest BCUT2D eigenvalue weighted by Crippen LogP contribution is 2.64. The molecule has 0 saturated heterocycles. The van der Waals surface area contributed by atoms with Crippen molar-refractivity contribution in [3.8, 4) is 0 Å². The Bertz CT molecular complexity index is 425. The quantitative estimate of drug-likeness (QED) is 0.895. The van der Waals surface area contributed by atoms with E-state index in [-0.39, 0.29) is 5.41 Å². The monoisotopic (exact) mass is 268 g/mol. The molecule has 0 aromatic heterocycles. The van der Waals surface area contributed by atoms with Gasteiger partial charge in [0.25, 0.3) is 0 Å². The van der Waals surface area contributed by atoms with Crippen molar-refractivity contribution in [2.24, 2.45) is 5.41 Å². The number of halogens is 1. The second-order valence-electron chi connectivity index (χ2n) is 4.78. The van der Waals surface area contributed by atoms with Crippen LogP contribution in [-0.2, 0) is 10.2 Å². The van der Waals surface area contributed by atoms with E-state index < -0.39 is 11.4 Å². The van der Waals surface area contributed by atoms with Gasteiger partial charge in [-0.05, 0) is 29.5 Å². The molecule has 2 rings (SSSR count). The van der Waals surface area contributed by atoms with Crippen molar-refractivity contribution in [1.82, 2.24) is 0 Å². The zero-order valence-corrected chi connectivity index (χ0v) is 10.3. The summed E-state index contributed by atoms with van der Waals surface area (Å²) in [5.74, 6) is -0.717. The highest BCUT2D eigenvalue weighted by Gasteiger charge is 2.67. The van der Waals surface area contributed by atoms with Gasteiger partial charge in [-0.3, -0.25) is 4.79 Å². The van der Waals surface area contributed by atoms with Gasteiger partial charge in [-0.2, -0.15) is 0 Å². The van der Waals surface area contributed by atoms with Gasteiger partial charge in [0.05, 0.1) is 5.41 Å². The summed E-state index contributed by atoms with van der Waals surface area (Å²) in [6.45, 7) is 4.00. The number of hydrogen-bond donors (Lipinski definition) is 1. The van der Waals surface area contributed by atoms with Gasteiger partial charge >= 0.3 is 5.97 Å². The molecule has 1 aliphatic carbocycles. The molecule has 1 aromatic carbocycles. The van der Waals surface area contributed by atoms with E-state index in [1.165, 1.54) is 0 Å². The maximum atomic E-state index is 11.4. The van der Waals surface area contributed by atoms with Crippen LogP contribution in [-0.4, -0.2) is 11.1 Å². The summed E-state index contributed by atoms with van der Waals surface area (Å²) in [6.07, 6.45) is 0.714. The summed E-state index contributed by atoms with van der Waals surface area (Å²) in [5.41, 5.74) is 0.0746. The van der Waals surface area contributed by atoms with Gasteiger partial charge < -0.3 is 5.11 Å². The van der Waals surface area contributed by atoms with Crippen LogP contribution in [0.1, 0.15) is 25.8 Å². The molecular formula is C12H13BrO2. The topological polar surface area (TPSA) is 37.3 Å². The van der Waals surface area contributed by atoms with E-state index in [1.807, 2.05) is 38.1 Å². The van der Waals surface area contributed by atoms with Gasteiger partial charge in [-0.25, -0.2) is 0 Å². The Morgan fingerprint density at radius 2 is 2.07 bits per heavy atom. The maximum absolute atomic E-state index is 11.4. The first-order valence-electron chi connectivity index (χ1n) is 4.90. The first-order valence-corrected chi connectivity index (χ1v) is 5.69. The number of rotatable bonds is 2. The lowest BCUT2D eigenvalue weighted by atomic mass is 9.88.